The first-order chi connectivity index (χ1) is 8.27. The Hall–Kier alpha value is -2.32. The van der Waals surface area contributed by atoms with Crippen LogP contribution >= 0.6 is 0 Å². The van der Waals surface area contributed by atoms with Gasteiger partial charge in [0.25, 0.3) is 0 Å². The molecule has 0 aromatic carbocycles. The van der Waals surface area contributed by atoms with Crippen molar-refractivity contribution in [2.75, 3.05) is 13.1 Å². The molecular formula is C9H16N4O5. The molecule has 0 radical (unpaired) electrons. The number of nitrogens with zero attached hydrogens (tertiary/aromatic N) is 1. The Morgan fingerprint density at radius 2 is 1.61 bits per heavy atom. The van der Waals surface area contributed by atoms with E-state index in [1.807, 2.05) is 0 Å². The van der Waals surface area contributed by atoms with Gasteiger partial charge in [-0.1, -0.05) is 6.92 Å². The molecule has 0 saturated carbocycles. The van der Waals surface area contributed by atoms with Crippen molar-refractivity contribution in [1.29, 1.82) is 0 Å². The minimum Gasteiger partial charge on any atom is -0.480 e. The molecule has 102 valence electrons. The van der Waals surface area contributed by atoms with Crippen molar-refractivity contribution in [3.8, 4) is 0 Å². The molecule has 6 N–H and O–H groups in total. The Bertz CT molecular complexity index is 341. The summed E-state index contributed by atoms with van der Waals surface area (Å²) in [5.74, 6) is -2.89. The fourth-order valence-corrected chi connectivity index (χ4v) is 1.15. The maximum absolute atomic E-state index is 11.6. The molecule has 0 saturated heterocycles. The van der Waals surface area contributed by atoms with E-state index in [2.05, 4.69) is 5.32 Å². The molecule has 0 aliphatic rings. The number of carboxylic acids is 1. The summed E-state index contributed by atoms with van der Waals surface area (Å²) < 4.78 is 0. The van der Waals surface area contributed by atoms with E-state index in [0.29, 0.717) is 0 Å². The first-order valence-electron chi connectivity index (χ1n) is 5.12. The molecule has 0 fully saturated rings. The van der Waals surface area contributed by atoms with Gasteiger partial charge < -0.3 is 26.8 Å². The average Bonchev–Trinajstić information content (AvgIpc) is 2.22. The number of rotatable bonds is 7. The molecule has 9 nitrogen and oxygen atoms in total. The summed E-state index contributed by atoms with van der Waals surface area (Å²) in [6, 6.07) is -2.00. The second kappa shape index (κ2) is 7.09. The zero-order chi connectivity index (χ0) is 14.3. The van der Waals surface area contributed by atoms with Crippen LogP contribution in [0.15, 0.2) is 0 Å². The third-order valence-corrected chi connectivity index (χ3v) is 1.98. The molecule has 18 heavy (non-hydrogen) atoms. The standard InChI is InChI=1S/C9H16N4O5/c1-2-5(8(16)17)12-9(18)13(3-6(10)14)4-7(11)15/h5H,2-4H2,1H3,(H2,10,14)(H2,11,15)(H,12,18)(H,16,17)/t5-/m1/s1. The normalized spacial score (nSPS) is 11.4. The summed E-state index contributed by atoms with van der Waals surface area (Å²) in [5, 5.41) is 10.9. The van der Waals surface area contributed by atoms with Crippen LogP contribution in [0.3, 0.4) is 0 Å². The van der Waals surface area contributed by atoms with Gasteiger partial charge in [0.05, 0.1) is 0 Å². The summed E-state index contributed by atoms with van der Waals surface area (Å²) >= 11 is 0. The van der Waals surface area contributed by atoms with Gasteiger partial charge in [-0.25, -0.2) is 9.59 Å². The highest BCUT2D eigenvalue weighted by atomic mass is 16.4. The van der Waals surface area contributed by atoms with E-state index in [0.717, 1.165) is 4.90 Å². The van der Waals surface area contributed by atoms with Crippen molar-refractivity contribution in [3.63, 3.8) is 0 Å². The van der Waals surface area contributed by atoms with Crippen molar-refractivity contribution in [2.24, 2.45) is 11.5 Å². The highest BCUT2D eigenvalue weighted by Crippen LogP contribution is 1.95. The number of aliphatic carboxylic acids is 1. The molecule has 0 unspecified atom stereocenters. The summed E-state index contributed by atoms with van der Waals surface area (Å²) in [7, 11) is 0. The quantitative estimate of drug-likeness (QED) is 0.410. The van der Waals surface area contributed by atoms with Crippen LogP contribution in [0.5, 0.6) is 0 Å². The first-order valence-corrected chi connectivity index (χ1v) is 5.12. The fraction of sp³-hybridized carbons (Fsp3) is 0.556. The number of urea groups is 1. The zero-order valence-electron chi connectivity index (χ0n) is 9.88. The van der Waals surface area contributed by atoms with Gasteiger partial charge in [0.2, 0.25) is 11.8 Å². The van der Waals surface area contributed by atoms with E-state index in [1.54, 1.807) is 6.92 Å². The molecule has 4 amide bonds. The summed E-state index contributed by atoms with van der Waals surface area (Å²) in [6.07, 6.45) is 0.155. The molecule has 0 aromatic heterocycles. The number of hydrogen-bond donors (Lipinski definition) is 4. The van der Waals surface area contributed by atoms with Crippen molar-refractivity contribution in [1.82, 2.24) is 10.2 Å². The number of amides is 4. The zero-order valence-corrected chi connectivity index (χ0v) is 9.88. The van der Waals surface area contributed by atoms with Gasteiger partial charge >= 0.3 is 12.0 Å². The van der Waals surface area contributed by atoms with Gasteiger partial charge in [0, 0.05) is 0 Å². The lowest BCUT2D eigenvalue weighted by Crippen LogP contribution is -2.52. The number of hydrogen-bond acceptors (Lipinski definition) is 4. The second-order valence-corrected chi connectivity index (χ2v) is 3.54. The molecule has 9 heteroatoms. The average molecular weight is 260 g/mol. The Morgan fingerprint density at radius 3 is 1.89 bits per heavy atom. The van der Waals surface area contributed by atoms with E-state index < -0.39 is 42.9 Å². The van der Waals surface area contributed by atoms with Crippen molar-refractivity contribution in [3.05, 3.63) is 0 Å². The monoisotopic (exact) mass is 260 g/mol. The third kappa shape index (κ3) is 5.68. The molecule has 0 rings (SSSR count). The Morgan fingerprint density at radius 1 is 1.17 bits per heavy atom. The van der Waals surface area contributed by atoms with Gasteiger partial charge in [-0.3, -0.25) is 9.59 Å². The molecule has 0 aliphatic heterocycles. The van der Waals surface area contributed by atoms with Gasteiger partial charge in [-0.2, -0.15) is 0 Å². The van der Waals surface area contributed by atoms with Gasteiger partial charge in [-0.05, 0) is 6.42 Å². The van der Waals surface area contributed by atoms with E-state index in [9.17, 15) is 19.2 Å². The highest BCUT2D eigenvalue weighted by Gasteiger charge is 2.23. The van der Waals surface area contributed by atoms with Crippen LogP contribution in [0.1, 0.15) is 13.3 Å². The summed E-state index contributed by atoms with van der Waals surface area (Å²) in [5.41, 5.74) is 9.80. The van der Waals surface area contributed by atoms with Crippen LogP contribution in [0.2, 0.25) is 0 Å². The number of carboxylic acid groups (broad SMARTS) is 1. The number of nitrogens with one attached hydrogen (secondary N) is 1. The van der Waals surface area contributed by atoms with Crippen LogP contribution in [-0.2, 0) is 14.4 Å². The summed E-state index contributed by atoms with van der Waals surface area (Å²) in [6.45, 7) is 0.515. The molecule has 0 aromatic rings. The lowest BCUT2D eigenvalue weighted by Gasteiger charge is -2.22. The van der Waals surface area contributed by atoms with Gasteiger partial charge in [0.15, 0.2) is 0 Å². The largest absolute Gasteiger partial charge is 0.480 e. The first kappa shape index (κ1) is 15.7. The number of carbonyl (C=O) groups excluding carboxylic acids is 3. The Labute approximate surface area is 103 Å². The molecule has 1 atom stereocenters. The SMILES string of the molecule is CC[C@@H](NC(=O)N(CC(N)=O)CC(N)=O)C(=O)O. The Kier molecular flexibility index (Phi) is 6.18. The number of primary amides is 2. The Balaban J connectivity index is 4.68. The highest BCUT2D eigenvalue weighted by molar-refractivity contribution is 5.89. The minimum atomic E-state index is -1.22. The number of carbonyl (C=O) groups is 4. The van der Waals surface area contributed by atoms with Crippen molar-refractivity contribution in [2.45, 2.75) is 19.4 Å². The minimum absolute atomic E-state index is 0.155. The van der Waals surface area contributed by atoms with Crippen molar-refractivity contribution >= 4 is 23.8 Å². The maximum atomic E-state index is 11.6. The van der Waals surface area contributed by atoms with Crippen LogP contribution in [0.25, 0.3) is 0 Å². The number of nitrogens with two attached hydrogens (primary N) is 2. The summed E-state index contributed by atoms with van der Waals surface area (Å²) in [4.78, 5) is 44.5. The van der Waals surface area contributed by atoms with E-state index >= 15 is 0 Å². The maximum Gasteiger partial charge on any atom is 0.326 e. The molecule has 0 heterocycles. The van der Waals surface area contributed by atoms with Crippen LogP contribution in [0, 0.1) is 0 Å². The van der Waals surface area contributed by atoms with Crippen molar-refractivity contribution < 1.29 is 24.3 Å². The molecule has 0 bridgehead atoms. The smallest absolute Gasteiger partial charge is 0.326 e. The lowest BCUT2D eigenvalue weighted by atomic mass is 10.2. The fourth-order valence-electron chi connectivity index (χ4n) is 1.15. The predicted octanol–water partition coefficient (Wildman–Crippen LogP) is -2.17. The topological polar surface area (TPSA) is 156 Å². The van der Waals surface area contributed by atoms with Gasteiger partial charge in [-0.15, -0.1) is 0 Å². The predicted molar refractivity (Wildman–Crippen MR) is 60.2 cm³/mol. The van der Waals surface area contributed by atoms with E-state index in [1.165, 1.54) is 0 Å². The second-order valence-electron chi connectivity index (χ2n) is 3.54. The molecule has 0 aliphatic carbocycles. The molecular weight excluding hydrogens is 244 g/mol. The molecule has 0 spiro atoms. The van der Waals surface area contributed by atoms with Gasteiger partial charge in [0.1, 0.15) is 19.1 Å². The van der Waals surface area contributed by atoms with Crippen LogP contribution < -0.4 is 16.8 Å². The van der Waals surface area contributed by atoms with E-state index in [4.69, 9.17) is 16.6 Å². The third-order valence-electron chi connectivity index (χ3n) is 1.98. The van der Waals surface area contributed by atoms with Crippen LogP contribution in [0.4, 0.5) is 4.79 Å². The van der Waals surface area contributed by atoms with E-state index in [-0.39, 0.29) is 6.42 Å². The van der Waals surface area contributed by atoms with Crippen LogP contribution in [-0.4, -0.2) is 53.0 Å². The lowest BCUT2D eigenvalue weighted by molar-refractivity contribution is -0.139.